The van der Waals surface area contributed by atoms with Gasteiger partial charge in [0.2, 0.25) is 0 Å². The molecule has 0 aromatic carbocycles. The van der Waals surface area contributed by atoms with Crippen LogP contribution in [0.25, 0.3) is 0 Å². The quantitative estimate of drug-likeness (QED) is 0.132. The van der Waals surface area contributed by atoms with Gasteiger partial charge in [0.05, 0.1) is 18.8 Å². The molecule has 2 saturated carbocycles. The van der Waals surface area contributed by atoms with E-state index in [2.05, 4.69) is 20.8 Å². The summed E-state index contributed by atoms with van der Waals surface area (Å²) in [5, 5.41) is 0. The summed E-state index contributed by atoms with van der Waals surface area (Å²) >= 11 is 0. The maximum absolute atomic E-state index is 6.93. The number of hydrogen-bond acceptors (Lipinski definition) is 4. The number of ether oxygens (including phenoxy) is 4. The Labute approximate surface area is 205 Å². The second-order valence-electron chi connectivity index (χ2n) is 10.5. The molecular formula is C29H56O4. The van der Waals surface area contributed by atoms with Gasteiger partial charge in [-0.25, -0.2) is 0 Å². The summed E-state index contributed by atoms with van der Waals surface area (Å²) < 4.78 is 27.1. The molecule has 2 fully saturated rings. The van der Waals surface area contributed by atoms with Crippen molar-refractivity contribution in [1.29, 1.82) is 0 Å². The minimum atomic E-state index is -1.04. The van der Waals surface area contributed by atoms with Crippen LogP contribution in [0.4, 0.5) is 0 Å². The average Bonchev–Trinajstić information content (AvgIpc) is 3.34. The van der Waals surface area contributed by atoms with Crippen LogP contribution < -0.4 is 0 Å². The number of unbranched alkanes of at least 4 members (excludes halogenated alkanes) is 7. The van der Waals surface area contributed by atoms with Gasteiger partial charge in [0.1, 0.15) is 6.10 Å². The van der Waals surface area contributed by atoms with E-state index >= 15 is 0 Å². The fraction of sp³-hybridized carbons (Fsp3) is 1.00. The Morgan fingerprint density at radius 1 is 0.606 bits per heavy atom. The SMILES string of the molecule is CCCCCCOC(OC1CCCCC1)(OC1CCCC1)C(CCCCC)OCCCCC. The second kappa shape index (κ2) is 18.2. The molecule has 0 heterocycles. The summed E-state index contributed by atoms with van der Waals surface area (Å²) in [6.07, 6.45) is 23.9. The molecule has 0 amide bonds. The predicted molar refractivity (Wildman–Crippen MR) is 138 cm³/mol. The molecule has 2 rings (SSSR count). The molecule has 2 atom stereocenters. The molecular weight excluding hydrogens is 412 g/mol. The van der Waals surface area contributed by atoms with Gasteiger partial charge in [-0.1, -0.05) is 104 Å². The zero-order valence-corrected chi connectivity index (χ0v) is 22.4. The van der Waals surface area contributed by atoms with Crippen LogP contribution in [-0.2, 0) is 18.9 Å². The van der Waals surface area contributed by atoms with Crippen LogP contribution >= 0.6 is 0 Å². The Hall–Kier alpha value is -0.160. The van der Waals surface area contributed by atoms with Crippen molar-refractivity contribution in [3.63, 3.8) is 0 Å². The highest BCUT2D eigenvalue weighted by molar-refractivity contribution is 4.80. The summed E-state index contributed by atoms with van der Waals surface area (Å²) in [6, 6.07) is 0. The first-order valence-corrected chi connectivity index (χ1v) is 14.8. The minimum absolute atomic E-state index is 0.144. The second-order valence-corrected chi connectivity index (χ2v) is 10.5. The van der Waals surface area contributed by atoms with Gasteiger partial charge in [-0.15, -0.1) is 0 Å². The Balaban J connectivity index is 2.20. The van der Waals surface area contributed by atoms with E-state index < -0.39 is 5.97 Å². The smallest absolute Gasteiger partial charge is 0.311 e. The van der Waals surface area contributed by atoms with Crippen LogP contribution in [0.3, 0.4) is 0 Å². The molecule has 0 radical (unpaired) electrons. The summed E-state index contributed by atoms with van der Waals surface area (Å²) in [7, 11) is 0. The number of hydrogen-bond donors (Lipinski definition) is 0. The van der Waals surface area contributed by atoms with Crippen molar-refractivity contribution in [3.8, 4) is 0 Å². The number of rotatable bonds is 20. The molecule has 0 aliphatic heterocycles. The highest BCUT2D eigenvalue weighted by atomic mass is 16.9. The lowest BCUT2D eigenvalue weighted by molar-refractivity contribution is -0.441. The van der Waals surface area contributed by atoms with E-state index in [4.69, 9.17) is 18.9 Å². The van der Waals surface area contributed by atoms with Crippen molar-refractivity contribution in [3.05, 3.63) is 0 Å². The standard InChI is InChI=1S/C29H56O4/c1-4-7-10-18-25-31-29(33-27-21-15-16-22-27,32-26-19-13-11-14-20-26)28(23-12-8-5-2)30-24-17-9-6-3/h26-28H,4-25H2,1-3H3. The maximum atomic E-state index is 6.93. The summed E-state index contributed by atoms with van der Waals surface area (Å²) in [4.78, 5) is 0. The summed E-state index contributed by atoms with van der Waals surface area (Å²) in [5.74, 6) is -1.04. The fourth-order valence-corrected chi connectivity index (χ4v) is 5.26. The molecule has 0 saturated heterocycles. The Morgan fingerprint density at radius 3 is 1.73 bits per heavy atom. The van der Waals surface area contributed by atoms with Crippen LogP contribution in [0.1, 0.15) is 149 Å². The van der Waals surface area contributed by atoms with Crippen molar-refractivity contribution < 1.29 is 18.9 Å². The largest absolute Gasteiger partial charge is 0.370 e. The topological polar surface area (TPSA) is 36.9 Å². The van der Waals surface area contributed by atoms with Crippen molar-refractivity contribution in [2.45, 2.75) is 173 Å². The zero-order chi connectivity index (χ0) is 23.6. The molecule has 2 unspecified atom stereocenters. The lowest BCUT2D eigenvalue weighted by atomic mass is 9.97. The van der Waals surface area contributed by atoms with Gasteiger partial charge in [-0.2, -0.15) is 0 Å². The van der Waals surface area contributed by atoms with E-state index in [0.717, 1.165) is 58.0 Å². The first kappa shape index (κ1) is 29.1. The predicted octanol–water partition coefficient (Wildman–Crippen LogP) is 8.70. The molecule has 2 aliphatic carbocycles. The lowest BCUT2D eigenvalue weighted by Crippen LogP contribution is -2.55. The van der Waals surface area contributed by atoms with Crippen molar-refractivity contribution in [1.82, 2.24) is 0 Å². The Bertz CT molecular complexity index is 445. The molecule has 0 aromatic heterocycles. The molecule has 196 valence electrons. The van der Waals surface area contributed by atoms with Gasteiger partial charge in [0.15, 0.2) is 0 Å². The molecule has 4 nitrogen and oxygen atoms in total. The van der Waals surface area contributed by atoms with Crippen LogP contribution in [0.15, 0.2) is 0 Å². The Morgan fingerprint density at radius 2 is 1.12 bits per heavy atom. The third-order valence-corrected chi connectivity index (χ3v) is 7.35. The van der Waals surface area contributed by atoms with E-state index in [9.17, 15) is 0 Å². The molecule has 0 N–H and O–H groups in total. The average molecular weight is 469 g/mol. The molecule has 4 heteroatoms. The summed E-state index contributed by atoms with van der Waals surface area (Å²) in [5.41, 5.74) is 0. The lowest BCUT2D eigenvalue weighted by Gasteiger charge is -2.43. The fourth-order valence-electron chi connectivity index (χ4n) is 5.26. The van der Waals surface area contributed by atoms with Gasteiger partial charge in [0, 0.05) is 6.61 Å². The highest BCUT2D eigenvalue weighted by Gasteiger charge is 2.47. The van der Waals surface area contributed by atoms with Gasteiger partial charge in [-0.05, 0) is 44.9 Å². The van der Waals surface area contributed by atoms with Crippen LogP contribution in [0.2, 0.25) is 0 Å². The van der Waals surface area contributed by atoms with Gasteiger partial charge in [0.25, 0.3) is 0 Å². The van der Waals surface area contributed by atoms with E-state index in [1.165, 1.54) is 77.0 Å². The monoisotopic (exact) mass is 468 g/mol. The summed E-state index contributed by atoms with van der Waals surface area (Å²) in [6.45, 7) is 8.24. The van der Waals surface area contributed by atoms with Crippen LogP contribution in [0, 0.1) is 0 Å². The van der Waals surface area contributed by atoms with Gasteiger partial charge < -0.3 is 18.9 Å². The van der Waals surface area contributed by atoms with E-state index in [1.807, 2.05) is 0 Å². The highest BCUT2D eigenvalue weighted by Crippen LogP contribution is 2.37. The van der Waals surface area contributed by atoms with Crippen molar-refractivity contribution >= 4 is 0 Å². The van der Waals surface area contributed by atoms with E-state index in [-0.39, 0.29) is 18.3 Å². The van der Waals surface area contributed by atoms with Crippen LogP contribution in [0.5, 0.6) is 0 Å². The van der Waals surface area contributed by atoms with Crippen LogP contribution in [-0.4, -0.2) is 37.5 Å². The van der Waals surface area contributed by atoms with Gasteiger partial charge >= 0.3 is 5.97 Å². The van der Waals surface area contributed by atoms with Gasteiger partial charge in [-0.3, -0.25) is 0 Å². The zero-order valence-electron chi connectivity index (χ0n) is 22.4. The molecule has 2 aliphatic rings. The first-order valence-electron chi connectivity index (χ1n) is 14.8. The molecule has 0 bridgehead atoms. The third-order valence-electron chi connectivity index (χ3n) is 7.35. The minimum Gasteiger partial charge on any atom is -0.370 e. The Kier molecular flexibility index (Phi) is 16.0. The molecule has 0 aromatic rings. The first-order chi connectivity index (χ1) is 16.2. The molecule has 33 heavy (non-hydrogen) atoms. The molecule has 0 spiro atoms. The maximum Gasteiger partial charge on any atom is 0.311 e. The van der Waals surface area contributed by atoms with E-state index in [0.29, 0.717) is 6.61 Å². The normalized spacial score (nSPS) is 20.8. The third kappa shape index (κ3) is 11.4. The van der Waals surface area contributed by atoms with Crippen molar-refractivity contribution in [2.24, 2.45) is 0 Å². The van der Waals surface area contributed by atoms with E-state index in [1.54, 1.807) is 0 Å². The van der Waals surface area contributed by atoms with Crippen molar-refractivity contribution in [2.75, 3.05) is 13.2 Å².